The molecule has 0 aliphatic heterocycles. The summed E-state index contributed by atoms with van der Waals surface area (Å²) in [7, 11) is -3.74. The maximum absolute atomic E-state index is 13.2. The fourth-order valence-corrected chi connectivity index (χ4v) is 5.44. The zero-order valence-electron chi connectivity index (χ0n) is 19.0. The third-order valence-corrected chi connectivity index (χ3v) is 6.97. The quantitative estimate of drug-likeness (QED) is 0.389. The topological polar surface area (TPSA) is 72.3 Å². The summed E-state index contributed by atoms with van der Waals surface area (Å²) < 4.78 is 28.1. The summed E-state index contributed by atoms with van der Waals surface area (Å²) in [5.74, 6) is -0.371. The number of aromatic nitrogens is 2. The van der Waals surface area contributed by atoms with E-state index in [1.165, 1.54) is 6.20 Å². The number of amides is 1. The van der Waals surface area contributed by atoms with Gasteiger partial charge >= 0.3 is 0 Å². The molecule has 2 aromatic carbocycles. The summed E-state index contributed by atoms with van der Waals surface area (Å²) in [4.78, 5) is 19.0. The first-order valence-corrected chi connectivity index (χ1v) is 12.7. The highest BCUT2D eigenvalue weighted by Crippen LogP contribution is 2.24. The summed E-state index contributed by atoms with van der Waals surface area (Å²) in [5.41, 5.74) is 2.85. The van der Waals surface area contributed by atoms with Crippen molar-refractivity contribution in [2.24, 2.45) is 0 Å². The van der Waals surface area contributed by atoms with E-state index >= 15 is 0 Å². The van der Waals surface area contributed by atoms with E-state index in [2.05, 4.69) is 11.6 Å². The van der Waals surface area contributed by atoms with E-state index in [1.807, 2.05) is 32.9 Å². The molecule has 0 saturated carbocycles. The van der Waals surface area contributed by atoms with Crippen molar-refractivity contribution >= 4 is 27.3 Å². The van der Waals surface area contributed by atoms with Crippen LogP contribution in [0.15, 0.2) is 72.5 Å². The average molecular weight is 486 g/mol. The van der Waals surface area contributed by atoms with Crippen LogP contribution in [0, 0.1) is 6.92 Å². The Morgan fingerprint density at radius 2 is 1.91 bits per heavy atom. The number of aryl methyl sites for hydroxylation is 1. The van der Waals surface area contributed by atoms with Crippen molar-refractivity contribution in [1.29, 1.82) is 0 Å². The number of hydrogen-bond acceptors (Lipinski definition) is 4. The highest BCUT2D eigenvalue weighted by molar-refractivity contribution is 7.90. The van der Waals surface area contributed by atoms with E-state index < -0.39 is 9.84 Å². The van der Waals surface area contributed by atoms with Gasteiger partial charge in [-0.3, -0.25) is 4.79 Å². The second-order valence-corrected chi connectivity index (χ2v) is 10.5. The van der Waals surface area contributed by atoms with Crippen molar-refractivity contribution in [3.63, 3.8) is 0 Å². The summed E-state index contributed by atoms with van der Waals surface area (Å²) >= 11 is 6.02. The highest BCUT2D eigenvalue weighted by atomic mass is 35.5. The lowest BCUT2D eigenvalue weighted by Gasteiger charge is -2.23. The molecule has 8 heteroatoms. The molecule has 0 bridgehead atoms. The zero-order chi connectivity index (χ0) is 24.2. The van der Waals surface area contributed by atoms with Crippen LogP contribution in [0.2, 0.25) is 5.02 Å². The summed E-state index contributed by atoms with van der Waals surface area (Å²) in [6.07, 6.45) is 3.18. The minimum absolute atomic E-state index is 0.0196. The van der Waals surface area contributed by atoms with E-state index in [0.29, 0.717) is 28.4 Å². The summed E-state index contributed by atoms with van der Waals surface area (Å²) in [5, 5.41) is 0.457. The molecule has 174 valence electrons. The van der Waals surface area contributed by atoms with Crippen LogP contribution in [0.25, 0.3) is 0 Å². The SMILES string of the molecule is C=CCN(Cc1cnc(S(=O)(=O)Cc2cccc(Cl)c2)n1C(C)C)C(=O)c1ccc(C)cc1. The van der Waals surface area contributed by atoms with Crippen molar-refractivity contribution in [3.05, 3.63) is 94.8 Å². The number of halogens is 1. The first-order valence-electron chi connectivity index (χ1n) is 10.6. The average Bonchev–Trinajstić information content (AvgIpc) is 3.18. The van der Waals surface area contributed by atoms with Gasteiger partial charge in [0.15, 0.2) is 0 Å². The third kappa shape index (κ3) is 5.92. The van der Waals surface area contributed by atoms with Gasteiger partial charge in [0.2, 0.25) is 15.0 Å². The van der Waals surface area contributed by atoms with Crippen molar-refractivity contribution in [1.82, 2.24) is 14.5 Å². The second-order valence-electron chi connectivity index (χ2n) is 8.23. The molecule has 0 fully saturated rings. The Bertz CT molecular complexity index is 1250. The molecule has 1 amide bonds. The van der Waals surface area contributed by atoms with Gasteiger partial charge in [-0.1, -0.05) is 47.5 Å². The van der Waals surface area contributed by atoms with Crippen molar-refractivity contribution in [2.75, 3.05) is 6.54 Å². The lowest BCUT2D eigenvalue weighted by Crippen LogP contribution is -2.32. The Morgan fingerprint density at radius 1 is 1.21 bits per heavy atom. The molecule has 0 saturated heterocycles. The van der Waals surface area contributed by atoms with Crippen LogP contribution in [0.5, 0.6) is 0 Å². The van der Waals surface area contributed by atoms with Crippen LogP contribution < -0.4 is 0 Å². The number of hydrogen-bond donors (Lipinski definition) is 0. The molecular formula is C25H28ClN3O3S. The molecule has 1 aromatic heterocycles. The Kier molecular flexibility index (Phi) is 7.76. The van der Waals surface area contributed by atoms with Crippen molar-refractivity contribution in [2.45, 2.75) is 44.3 Å². The van der Waals surface area contributed by atoms with Gasteiger partial charge in [-0.2, -0.15) is 0 Å². The molecule has 0 aliphatic carbocycles. The Morgan fingerprint density at radius 3 is 2.52 bits per heavy atom. The van der Waals surface area contributed by atoms with E-state index in [1.54, 1.807) is 51.9 Å². The van der Waals surface area contributed by atoms with Gasteiger partial charge < -0.3 is 9.47 Å². The molecule has 33 heavy (non-hydrogen) atoms. The number of carbonyl (C=O) groups excluding carboxylic acids is 1. The van der Waals surface area contributed by atoms with Crippen LogP contribution in [0.4, 0.5) is 0 Å². The standard InChI is InChI=1S/C25H28ClN3O3S/c1-5-13-28(24(30)21-11-9-19(4)10-12-21)16-23-15-27-25(29(23)18(2)3)33(31,32)17-20-7-6-8-22(26)14-20/h5-12,14-15,18H,1,13,16-17H2,2-4H3. The van der Waals surface area contributed by atoms with Gasteiger partial charge in [-0.05, 0) is 50.6 Å². The van der Waals surface area contributed by atoms with E-state index in [0.717, 1.165) is 5.56 Å². The molecule has 0 unspecified atom stereocenters. The molecule has 6 nitrogen and oxygen atoms in total. The lowest BCUT2D eigenvalue weighted by atomic mass is 10.1. The van der Waals surface area contributed by atoms with Crippen LogP contribution in [0.3, 0.4) is 0 Å². The smallest absolute Gasteiger partial charge is 0.254 e. The van der Waals surface area contributed by atoms with Gasteiger partial charge in [0.25, 0.3) is 5.91 Å². The molecular weight excluding hydrogens is 458 g/mol. The lowest BCUT2D eigenvalue weighted by molar-refractivity contribution is 0.0758. The molecule has 0 aliphatic rings. The monoisotopic (exact) mass is 485 g/mol. The minimum Gasteiger partial charge on any atom is -0.329 e. The summed E-state index contributed by atoms with van der Waals surface area (Å²) in [6, 6.07) is 13.9. The molecule has 3 rings (SSSR count). The van der Waals surface area contributed by atoms with Gasteiger partial charge in [0, 0.05) is 23.2 Å². The fraction of sp³-hybridized carbons (Fsp3) is 0.280. The molecule has 3 aromatic rings. The van der Waals surface area contributed by atoms with Crippen LogP contribution >= 0.6 is 11.6 Å². The van der Waals surface area contributed by atoms with E-state index in [9.17, 15) is 13.2 Å². The number of sulfone groups is 1. The molecule has 1 heterocycles. The minimum atomic E-state index is -3.74. The van der Waals surface area contributed by atoms with E-state index in [-0.39, 0.29) is 29.4 Å². The first kappa shape index (κ1) is 24.7. The number of imidazole rings is 1. The Labute approximate surface area is 200 Å². The molecule has 0 atom stereocenters. The third-order valence-electron chi connectivity index (χ3n) is 5.17. The predicted molar refractivity (Wildman–Crippen MR) is 131 cm³/mol. The molecule has 0 radical (unpaired) electrons. The van der Waals surface area contributed by atoms with Crippen LogP contribution in [-0.4, -0.2) is 35.3 Å². The van der Waals surface area contributed by atoms with Crippen molar-refractivity contribution in [3.8, 4) is 0 Å². The van der Waals surface area contributed by atoms with Crippen molar-refractivity contribution < 1.29 is 13.2 Å². The number of rotatable bonds is 9. The van der Waals surface area contributed by atoms with E-state index in [4.69, 9.17) is 11.6 Å². The fourth-order valence-electron chi connectivity index (χ4n) is 3.64. The van der Waals surface area contributed by atoms with Gasteiger partial charge in [-0.25, -0.2) is 13.4 Å². The molecule has 0 N–H and O–H groups in total. The number of carbonyl (C=O) groups is 1. The highest BCUT2D eigenvalue weighted by Gasteiger charge is 2.27. The van der Waals surface area contributed by atoms with Gasteiger partial charge in [-0.15, -0.1) is 6.58 Å². The van der Waals surface area contributed by atoms with Crippen LogP contribution in [-0.2, 0) is 22.1 Å². The Hall–Kier alpha value is -2.90. The maximum atomic E-state index is 13.2. The number of nitrogens with zero attached hydrogens (tertiary/aromatic N) is 3. The van der Waals surface area contributed by atoms with Gasteiger partial charge in [0.05, 0.1) is 24.2 Å². The molecule has 0 spiro atoms. The number of benzene rings is 2. The second kappa shape index (κ2) is 10.4. The largest absolute Gasteiger partial charge is 0.329 e. The normalized spacial score (nSPS) is 11.5. The maximum Gasteiger partial charge on any atom is 0.254 e. The zero-order valence-corrected chi connectivity index (χ0v) is 20.6. The van der Waals surface area contributed by atoms with Gasteiger partial charge in [0.1, 0.15) is 0 Å². The predicted octanol–water partition coefficient (Wildman–Crippen LogP) is 5.23. The first-order chi connectivity index (χ1) is 15.6. The summed E-state index contributed by atoms with van der Waals surface area (Å²) in [6.45, 7) is 10.0. The van der Waals surface area contributed by atoms with Crippen LogP contribution in [0.1, 0.15) is 47.1 Å². The Balaban J connectivity index is 1.93.